The molecule has 4 rings (SSSR count). The molecule has 5 nitrogen and oxygen atoms in total. The van der Waals surface area contributed by atoms with Crippen LogP contribution in [0.25, 0.3) is 0 Å². The van der Waals surface area contributed by atoms with Crippen LogP contribution in [0, 0.1) is 0 Å². The van der Waals surface area contributed by atoms with Crippen LogP contribution >= 0.6 is 0 Å². The van der Waals surface area contributed by atoms with Crippen molar-refractivity contribution in [3.05, 3.63) is 83.4 Å². The summed E-state index contributed by atoms with van der Waals surface area (Å²) in [7, 11) is 0. The first-order chi connectivity index (χ1) is 12.8. The van der Waals surface area contributed by atoms with Gasteiger partial charge in [-0.05, 0) is 36.6 Å². The summed E-state index contributed by atoms with van der Waals surface area (Å²) in [5.74, 6) is 0.305. The Morgan fingerprint density at radius 1 is 1.12 bits per heavy atom. The third-order valence-corrected chi connectivity index (χ3v) is 4.91. The molecule has 0 bridgehead atoms. The van der Waals surface area contributed by atoms with Gasteiger partial charge in [-0.25, -0.2) is 0 Å². The van der Waals surface area contributed by atoms with E-state index in [4.69, 9.17) is 4.98 Å². The molecule has 0 aliphatic carbocycles. The number of rotatable bonds is 4. The normalized spacial score (nSPS) is 17.2. The van der Waals surface area contributed by atoms with Gasteiger partial charge in [-0.2, -0.15) is 5.10 Å². The van der Waals surface area contributed by atoms with E-state index in [2.05, 4.69) is 52.7 Å². The minimum Gasteiger partial charge on any atom is -0.337 e. The number of likely N-dealkylation sites (tertiary alicyclic amines) is 1. The van der Waals surface area contributed by atoms with Crippen molar-refractivity contribution in [3.8, 4) is 0 Å². The number of hydrogen-bond acceptors (Lipinski definition) is 3. The summed E-state index contributed by atoms with van der Waals surface area (Å²) >= 11 is 0. The second kappa shape index (κ2) is 7.52. The first-order valence-electron chi connectivity index (χ1n) is 9.08. The predicted molar refractivity (Wildman–Crippen MR) is 100.0 cm³/mol. The van der Waals surface area contributed by atoms with Gasteiger partial charge in [0.05, 0.1) is 0 Å². The number of aromatic amines is 1. The number of nitrogens with zero attached hydrogens (tertiary/aromatic N) is 3. The second-order valence-corrected chi connectivity index (χ2v) is 6.78. The summed E-state index contributed by atoms with van der Waals surface area (Å²) in [6.45, 7) is 1.50. The summed E-state index contributed by atoms with van der Waals surface area (Å²) in [5, 5.41) is 6.65. The van der Waals surface area contributed by atoms with Gasteiger partial charge in [0.25, 0.3) is 5.91 Å². The van der Waals surface area contributed by atoms with E-state index in [1.54, 1.807) is 12.3 Å². The van der Waals surface area contributed by atoms with E-state index in [1.807, 2.05) is 11.0 Å². The summed E-state index contributed by atoms with van der Waals surface area (Å²) in [4.78, 5) is 19.4. The molecule has 1 N–H and O–H groups in total. The van der Waals surface area contributed by atoms with E-state index >= 15 is 0 Å². The number of carbonyl (C=O) groups excluding carboxylic acids is 1. The predicted octanol–water partition coefficient (Wildman–Crippen LogP) is 3.42. The Morgan fingerprint density at radius 3 is 2.81 bits per heavy atom. The van der Waals surface area contributed by atoms with E-state index in [-0.39, 0.29) is 11.8 Å². The molecule has 1 fully saturated rings. The fourth-order valence-electron chi connectivity index (χ4n) is 3.58. The zero-order valence-corrected chi connectivity index (χ0v) is 14.6. The Hall–Kier alpha value is -2.95. The Balaban J connectivity index is 1.48. The zero-order chi connectivity index (χ0) is 17.8. The molecule has 1 aliphatic heterocycles. The molecule has 3 heterocycles. The van der Waals surface area contributed by atoms with Crippen LogP contribution in [0.4, 0.5) is 0 Å². The second-order valence-electron chi connectivity index (χ2n) is 6.78. The Bertz CT molecular complexity index is 861. The number of carbonyl (C=O) groups is 1. The molecule has 2 aromatic heterocycles. The monoisotopic (exact) mass is 346 g/mol. The molecule has 0 radical (unpaired) electrons. The van der Waals surface area contributed by atoms with Crippen molar-refractivity contribution in [2.75, 3.05) is 13.1 Å². The van der Waals surface area contributed by atoms with Gasteiger partial charge in [0.15, 0.2) is 0 Å². The minimum atomic E-state index is 0.0210. The Labute approximate surface area is 153 Å². The molecule has 0 saturated carbocycles. The topological polar surface area (TPSA) is 61.9 Å². The van der Waals surface area contributed by atoms with Gasteiger partial charge in [-0.3, -0.25) is 14.9 Å². The van der Waals surface area contributed by atoms with Crippen molar-refractivity contribution in [2.24, 2.45) is 0 Å². The maximum Gasteiger partial charge on any atom is 0.271 e. The standard InChI is InChI=1S/C21H22N4O/c26-21(20-11-12-22-24-20)25-13-5-8-17(15-25)19-10-4-9-18(23-19)14-16-6-2-1-3-7-16/h1-4,6-7,9-12,17H,5,8,13-15H2,(H,22,24). The van der Waals surface area contributed by atoms with E-state index < -0.39 is 0 Å². The van der Waals surface area contributed by atoms with Gasteiger partial charge < -0.3 is 4.90 Å². The van der Waals surface area contributed by atoms with Crippen LogP contribution in [0.15, 0.2) is 60.8 Å². The van der Waals surface area contributed by atoms with Gasteiger partial charge in [0, 0.05) is 43.0 Å². The lowest BCUT2D eigenvalue weighted by molar-refractivity contribution is 0.0700. The summed E-state index contributed by atoms with van der Waals surface area (Å²) < 4.78 is 0. The van der Waals surface area contributed by atoms with E-state index in [1.165, 1.54) is 5.56 Å². The molecular formula is C21H22N4O. The number of benzene rings is 1. The maximum atomic E-state index is 12.6. The SMILES string of the molecule is O=C(c1ccn[nH]1)N1CCCC(c2cccc(Cc3ccccc3)n2)C1. The average molecular weight is 346 g/mol. The fraction of sp³-hybridized carbons (Fsp3) is 0.286. The molecule has 1 aromatic carbocycles. The third kappa shape index (κ3) is 3.67. The molecule has 1 unspecified atom stereocenters. The van der Waals surface area contributed by atoms with Crippen LogP contribution < -0.4 is 0 Å². The summed E-state index contributed by atoms with van der Waals surface area (Å²) in [5.41, 5.74) is 3.97. The van der Waals surface area contributed by atoms with Gasteiger partial charge in [0.2, 0.25) is 0 Å². The molecular weight excluding hydrogens is 324 g/mol. The van der Waals surface area contributed by atoms with E-state index in [0.29, 0.717) is 12.2 Å². The first-order valence-corrected chi connectivity index (χ1v) is 9.08. The van der Waals surface area contributed by atoms with Gasteiger partial charge >= 0.3 is 0 Å². The molecule has 0 spiro atoms. The first kappa shape index (κ1) is 16.5. The van der Waals surface area contributed by atoms with Gasteiger partial charge in [0.1, 0.15) is 5.69 Å². The molecule has 5 heteroatoms. The lowest BCUT2D eigenvalue weighted by atomic mass is 9.93. The van der Waals surface area contributed by atoms with Crippen molar-refractivity contribution in [1.82, 2.24) is 20.1 Å². The lowest BCUT2D eigenvalue weighted by Crippen LogP contribution is -2.39. The molecule has 26 heavy (non-hydrogen) atoms. The summed E-state index contributed by atoms with van der Waals surface area (Å²) in [6, 6.07) is 18.4. The van der Waals surface area contributed by atoms with Crippen LogP contribution in [-0.2, 0) is 6.42 Å². The van der Waals surface area contributed by atoms with Gasteiger partial charge in [-0.15, -0.1) is 0 Å². The Kier molecular flexibility index (Phi) is 4.78. The van der Waals surface area contributed by atoms with Crippen LogP contribution in [0.2, 0.25) is 0 Å². The highest BCUT2D eigenvalue weighted by Crippen LogP contribution is 2.26. The largest absolute Gasteiger partial charge is 0.337 e. The lowest BCUT2D eigenvalue weighted by Gasteiger charge is -2.32. The van der Waals surface area contributed by atoms with Crippen LogP contribution in [0.5, 0.6) is 0 Å². The number of aromatic nitrogens is 3. The average Bonchev–Trinajstić information content (AvgIpc) is 3.23. The van der Waals surface area contributed by atoms with Gasteiger partial charge in [-0.1, -0.05) is 36.4 Å². The molecule has 132 valence electrons. The molecule has 1 aliphatic rings. The highest BCUT2D eigenvalue weighted by Gasteiger charge is 2.26. The molecule has 1 amide bonds. The zero-order valence-electron chi connectivity index (χ0n) is 14.6. The van der Waals surface area contributed by atoms with Crippen molar-refractivity contribution < 1.29 is 4.79 Å². The maximum absolute atomic E-state index is 12.6. The van der Waals surface area contributed by atoms with E-state index in [9.17, 15) is 4.79 Å². The number of piperidine rings is 1. The van der Waals surface area contributed by atoms with Crippen LogP contribution in [-0.4, -0.2) is 39.1 Å². The molecule has 3 aromatic rings. The third-order valence-electron chi connectivity index (χ3n) is 4.91. The summed E-state index contributed by atoms with van der Waals surface area (Å²) in [6.07, 6.45) is 4.51. The van der Waals surface area contributed by atoms with Crippen molar-refractivity contribution in [1.29, 1.82) is 0 Å². The fourth-order valence-corrected chi connectivity index (χ4v) is 3.58. The van der Waals surface area contributed by atoms with Crippen molar-refractivity contribution in [3.63, 3.8) is 0 Å². The van der Waals surface area contributed by atoms with E-state index in [0.717, 1.165) is 37.2 Å². The number of H-pyrrole nitrogens is 1. The van der Waals surface area contributed by atoms with Crippen molar-refractivity contribution in [2.45, 2.75) is 25.2 Å². The quantitative estimate of drug-likeness (QED) is 0.787. The Morgan fingerprint density at radius 2 is 2.00 bits per heavy atom. The number of amides is 1. The number of nitrogens with one attached hydrogen (secondary N) is 1. The number of pyridine rings is 1. The van der Waals surface area contributed by atoms with Crippen LogP contribution in [0.1, 0.15) is 46.2 Å². The smallest absolute Gasteiger partial charge is 0.271 e. The number of hydrogen-bond donors (Lipinski definition) is 1. The van der Waals surface area contributed by atoms with Crippen molar-refractivity contribution >= 4 is 5.91 Å². The molecule has 1 saturated heterocycles. The molecule has 1 atom stereocenters. The van der Waals surface area contributed by atoms with Crippen LogP contribution in [0.3, 0.4) is 0 Å². The highest BCUT2D eigenvalue weighted by molar-refractivity contribution is 5.92. The minimum absolute atomic E-state index is 0.0210. The highest BCUT2D eigenvalue weighted by atomic mass is 16.2.